The van der Waals surface area contributed by atoms with E-state index in [1.54, 1.807) is 6.92 Å². The van der Waals surface area contributed by atoms with Gasteiger partial charge in [0.05, 0.1) is 0 Å². The number of carbonyl (C=O) groups excluding carboxylic acids is 4. The fraction of sp³-hybridized carbons (Fsp3) is 0.733. The summed E-state index contributed by atoms with van der Waals surface area (Å²) in [5.74, 6) is -2.92. The van der Waals surface area contributed by atoms with Gasteiger partial charge in [-0.05, 0) is 0 Å². The van der Waals surface area contributed by atoms with Gasteiger partial charge in [-0.15, -0.1) is 0 Å². The first-order valence-electron chi connectivity index (χ1n) is 7.42. The molecule has 0 aromatic carbocycles. The van der Waals surface area contributed by atoms with Crippen molar-refractivity contribution in [1.82, 2.24) is 0 Å². The van der Waals surface area contributed by atoms with E-state index in [0.717, 1.165) is 0 Å². The van der Waals surface area contributed by atoms with Gasteiger partial charge in [0, 0.05) is 33.6 Å². The van der Waals surface area contributed by atoms with Gasteiger partial charge in [-0.25, -0.2) is 0 Å². The van der Waals surface area contributed by atoms with Crippen molar-refractivity contribution in [3.05, 3.63) is 0 Å². The number of ether oxygens (including phenoxy) is 5. The average Bonchev–Trinajstić information content (AvgIpc) is 2.42. The first-order valence-corrected chi connectivity index (χ1v) is 7.42. The minimum absolute atomic E-state index is 0.206. The van der Waals surface area contributed by atoms with Crippen molar-refractivity contribution in [2.24, 2.45) is 5.92 Å². The Labute approximate surface area is 139 Å². The Morgan fingerprint density at radius 1 is 0.792 bits per heavy atom. The Morgan fingerprint density at radius 3 is 1.75 bits per heavy atom. The quantitative estimate of drug-likeness (QED) is 0.513. The largest absolute Gasteiger partial charge is 0.463 e. The van der Waals surface area contributed by atoms with E-state index in [2.05, 4.69) is 0 Å². The van der Waals surface area contributed by atoms with Crippen LogP contribution in [0.5, 0.6) is 0 Å². The summed E-state index contributed by atoms with van der Waals surface area (Å²) in [5, 5.41) is 0. The molecule has 0 saturated carbocycles. The Balaban J connectivity index is 3.04. The zero-order valence-corrected chi connectivity index (χ0v) is 14.3. The van der Waals surface area contributed by atoms with E-state index in [9.17, 15) is 19.2 Å². The van der Waals surface area contributed by atoms with Crippen LogP contribution in [0.3, 0.4) is 0 Å². The van der Waals surface area contributed by atoms with Gasteiger partial charge in [0.15, 0.2) is 6.10 Å². The molecule has 136 valence electrons. The molecule has 0 radical (unpaired) electrons. The molecule has 1 fully saturated rings. The first kappa shape index (κ1) is 19.9. The summed E-state index contributed by atoms with van der Waals surface area (Å²) in [6.07, 6.45) is -3.89. The molecular weight excluding hydrogens is 324 g/mol. The van der Waals surface area contributed by atoms with Gasteiger partial charge in [-0.3, -0.25) is 19.2 Å². The van der Waals surface area contributed by atoms with E-state index in [1.165, 1.54) is 27.7 Å². The summed E-state index contributed by atoms with van der Waals surface area (Å²) in [4.78, 5) is 45.0. The second-order valence-corrected chi connectivity index (χ2v) is 5.46. The predicted molar refractivity (Wildman–Crippen MR) is 77.3 cm³/mol. The van der Waals surface area contributed by atoms with Crippen molar-refractivity contribution in [2.75, 3.05) is 6.61 Å². The fourth-order valence-corrected chi connectivity index (χ4v) is 2.42. The molecule has 1 aliphatic rings. The molecular formula is C15H22O9. The summed E-state index contributed by atoms with van der Waals surface area (Å²) in [5.41, 5.74) is 0. The summed E-state index contributed by atoms with van der Waals surface area (Å²) in [6, 6.07) is 0. The highest BCUT2D eigenvalue weighted by Gasteiger charge is 2.49. The molecule has 1 saturated heterocycles. The molecule has 0 spiro atoms. The van der Waals surface area contributed by atoms with Crippen molar-refractivity contribution in [2.45, 2.75) is 59.2 Å². The average molecular weight is 346 g/mol. The summed E-state index contributed by atoms with van der Waals surface area (Å²) < 4.78 is 25.9. The number of carbonyl (C=O) groups is 4. The molecule has 0 amide bonds. The van der Waals surface area contributed by atoms with Crippen LogP contribution in [-0.2, 0) is 42.9 Å². The number of rotatable bonds is 5. The zero-order chi connectivity index (χ0) is 18.4. The lowest BCUT2D eigenvalue weighted by Crippen LogP contribution is -2.58. The monoisotopic (exact) mass is 346 g/mol. The molecule has 24 heavy (non-hydrogen) atoms. The van der Waals surface area contributed by atoms with E-state index in [-0.39, 0.29) is 6.61 Å². The van der Waals surface area contributed by atoms with Crippen LogP contribution in [0.25, 0.3) is 0 Å². The van der Waals surface area contributed by atoms with Crippen LogP contribution < -0.4 is 0 Å². The highest BCUT2D eigenvalue weighted by Crippen LogP contribution is 2.31. The molecule has 0 bridgehead atoms. The third kappa shape index (κ3) is 5.80. The minimum atomic E-state index is -1.20. The fourth-order valence-electron chi connectivity index (χ4n) is 2.42. The second-order valence-electron chi connectivity index (χ2n) is 5.46. The molecule has 0 aromatic rings. The van der Waals surface area contributed by atoms with Gasteiger partial charge in [0.25, 0.3) is 0 Å². The third-order valence-electron chi connectivity index (χ3n) is 3.32. The SMILES string of the molecule is CC(=O)OCC1OC(OC(C)=O)C(OC(C)=O)[C@@H](C)C1OC(C)=O. The van der Waals surface area contributed by atoms with E-state index in [4.69, 9.17) is 23.7 Å². The summed E-state index contributed by atoms with van der Waals surface area (Å²) in [6.45, 7) is 6.26. The van der Waals surface area contributed by atoms with Crippen molar-refractivity contribution < 1.29 is 42.9 Å². The van der Waals surface area contributed by atoms with Gasteiger partial charge in [0.2, 0.25) is 6.29 Å². The number of hydrogen-bond donors (Lipinski definition) is 0. The van der Waals surface area contributed by atoms with Crippen LogP contribution in [0.1, 0.15) is 34.6 Å². The van der Waals surface area contributed by atoms with Gasteiger partial charge >= 0.3 is 23.9 Å². The molecule has 1 heterocycles. The van der Waals surface area contributed by atoms with Crippen LogP contribution in [-0.4, -0.2) is 55.1 Å². The van der Waals surface area contributed by atoms with Crippen LogP contribution in [0.2, 0.25) is 0 Å². The first-order chi connectivity index (χ1) is 11.1. The van der Waals surface area contributed by atoms with E-state index in [0.29, 0.717) is 0 Å². The smallest absolute Gasteiger partial charge is 0.305 e. The minimum Gasteiger partial charge on any atom is -0.463 e. The van der Waals surface area contributed by atoms with E-state index < -0.39 is 54.4 Å². The zero-order valence-electron chi connectivity index (χ0n) is 14.3. The highest BCUT2D eigenvalue weighted by atomic mass is 16.7. The summed E-state index contributed by atoms with van der Waals surface area (Å²) in [7, 11) is 0. The highest BCUT2D eigenvalue weighted by molar-refractivity contribution is 5.68. The van der Waals surface area contributed by atoms with Gasteiger partial charge < -0.3 is 23.7 Å². The molecule has 9 nitrogen and oxygen atoms in total. The maximum Gasteiger partial charge on any atom is 0.305 e. The molecule has 0 aromatic heterocycles. The van der Waals surface area contributed by atoms with Crippen LogP contribution in [0.15, 0.2) is 0 Å². The molecule has 0 aliphatic carbocycles. The third-order valence-corrected chi connectivity index (χ3v) is 3.32. The van der Waals surface area contributed by atoms with Crippen molar-refractivity contribution in [3.8, 4) is 0 Å². The van der Waals surface area contributed by atoms with E-state index in [1.807, 2.05) is 0 Å². The van der Waals surface area contributed by atoms with Gasteiger partial charge in [-0.2, -0.15) is 0 Å². The lowest BCUT2D eigenvalue weighted by atomic mass is 9.90. The standard InChI is InChI=1S/C15H22O9/c1-7-13(21-9(3)17)12(6-20-8(2)16)24-15(23-11(5)19)14(7)22-10(4)18/h7,12-15H,6H2,1-5H3/t7-,12?,13?,14?,15?/m0/s1. The van der Waals surface area contributed by atoms with Crippen molar-refractivity contribution in [3.63, 3.8) is 0 Å². The lowest BCUT2D eigenvalue weighted by Gasteiger charge is -2.43. The molecule has 1 aliphatic heterocycles. The lowest BCUT2D eigenvalue weighted by molar-refractivity contribution is -0.285. The molecule has 9 heteroatoms. The van der Waals surface area contributed by atoms with Crippen molar-refractivity contribution >= 4 is 23.9 Å². The molecule has 0 N–H and O–H groups in total. The second kappa shape index (κ2) is 8.62. The summed E-state index contributed by atoms with van der Waals surface area (Å²) >= 11 is 0. The van der Waals surface area contributed by atoms with Crippen LogP contribution >= 0.6 is 0 Å². The Bertz CT molecular complexity index is 499. The van der Waals surface area contributed by atoms with Crippen LogP contribution in [0, 0.1) is 5.92 Å². The van der Waals surface area contributed by atoms with Crippen LogP contribution in [0.4, 0.5) is 0 Å². The Kier molecular flexibility index (Phi) is 7.15. The Morgan fingerprint density at radius 2 is 1.29 bits per heavy atom. The molecule has 5 atom stereocenters. The Hall–Kier alpha value is -2.16. The molecule has 1 rings (SSSR count). The maximum absolute atomic E-state index is 11.4. The van der Waals surface area contributed by atoms with E-state index >= 15 is 0 Å². The number of esters is 4. The predicted octanol–water partition coefficient (Wildman–Crippen LogP) is 0.337. The normalized spacial score (nSPS) is 29.3. The van der Waals surface area contributed by atoms with Crippen molar-refractivity contribution in [1.29, 1.82) is 0 Å². The maximum atomic E-state index is 11.4. The van der Waals surface area contributed by atoms with Gasteiger partial charge in [0.1, 0.15) is 18.8 Å². The number of hydrogen-bond acceptors (Lipinski definition) is 9. The molecule has 4 unspecified atom stereocenters. The topological polar surface area (TPSA) is 114 Å². The van der Waals surface area contributed by atoms with Gasteiger partial charge in [-0.1, -0.05) is 6.92 Å².